The second-order valence-electron chi connectivity index (χ2n) is 6.51. The summed E-state index contributed by atoms with van der Waals surface area (Å²) in [6, 6.07) is 3.08. The molecule has 1 saturated heterocycles. The summed E-state index contributed by atoms with van der Waals surface area (Å²) in [4.78, 5) is 36.8. The molecule has 0 saturated carbocycles. The lowest BCUT2D eigenvalue weighted by atomic mass is 9.97. The van der Waals surface area contributed by atoms with Crippen molar-refractivity contribution >= 4 is 23.3 Å². The third kappa shape index (κ3) is 4.78. The average Bonchev–Trinajstić information content (AvgIpc) is 2.59. The van der Waals surface area contributed by atoms with Gasteiger partial charge in [-0.1, -0.05) is 6.07 Å². The van der Waals surface area contributed by atoms with Crippen molar-refractivity contribution in [2.45, 2.75) is 33.6 Å². The van der Waals surface area contributed by atoms with Crippen molar-refractivity contribution in [3.05, 3.63) is 33.4 Å². The first-order valence-electron chi connectivity index (χ1n) is 8.77. The number of ether oxygens (including phenoxy) is 1. The van der Waals surface area contributed by atoms with Crippen molar-refractivity contribution < 1.29 is 19.2 Å². The number of nitrogens with zero attached hydrogens (tertiary/aromatic N) is 2. The minimum Gasteiger partial charge on any atom is -0.466 e. The third-order valence-corrected chi connectivity index (χ3v) is 4.75. The van der Waals surface area contributed by atoms with Gasteiger partial charge in [0.2, 0.25) is 5.91 Å². The summed E-state index contributed by atoms with van der Waals surface area (Å²) in [6.45, 7) is 7.12. The maximum atomic E-state index is 12.4. The van der Waals surface area contributed by atoms with Gasteiger partial charge in [-0.2, -0.15) is 0 Å². The summed E-state index contributed by atoms with van der Waals surface area (Å²) in [6.07, 6.45) is 1.30. The second kappa shape index (κ2) is 8.75. The van der Waals surface area contributed by atoms with Crippen LogP contribution in [0.3, 0.4) is 0 Å². The lowest BCUT2D eigenvalue weighted by molar-refractivity contribution is -0.384. The van der Waals surface area contributed by atoms with Crippen LogP contribution in [-0.2, 0) is 14.3 Å². The third-order valence-electron chi connectivity index (χ3n) is 4.75. The van der Waals surface area contributed by atoms with E-state index in [1.54, 1.807) is 19.9 Å². The molecule has 8 nitrogen and oxygen atoms in total. The zero-order chi connectivity index (χ0) is 19.3. The van der Waals surface area contributed by atoms with Crippen molar-refractivity contribution in [3.8, 4) is 0 Å². The standard InChI is InChI=1S/C18H25N3O5/c1-4-26-18(23)14-7-9-20(10-8-14)11-16(22)19-17-13(3)12(2)5-6-15(17)21(24)25/h5-6,14H,4,7-11H2,1-3H3,(H,19,22). The average molecular weight is 363 g/mol. The van der Waals surface area contributed by atoms with E-state index in [9.17, 15) is 19.7 Å². The fourth-order valence-electron chi connectivity index (χ4n) is 3.08. The molecule has 1 aromatic carbocycles. The molecule has 8 heteroatoms. The number of nitro benzene ring substituents is 1. The molecule has 0 atom stereocenters. The number of hydrogen-bond acceptors (Lipinski definition) is 6. The summed E-state index contributed by atoms with van der Waals surface area (Å²) in [7, 11) is 0. The number of benzene rings is 1. The first kappa shape index (κ1) is 19.8. The summed E-state index contributed by atoms with van der Waals surface area (Å²) >= 11 is 0. The molecule has 1 N–H and O–H groups in total. The van der Waals surface area contributed by atoms with E-state index >= 15 is 0 Å². The summed E-state index contributed by atoms with van der Waals surface area (Å²) in [5.41, 5.74) is 1.71. The number of carbonyl (C=O) groups excluding carboxylic acids is 2. The van der Waals surface area contributed by atoms with Gasteiger partial charge in [0.25, 0.3) is 5.69 Å². The predicted octanol–water partition coefficient (Wildman–Crippen LogP) is 2.43. The van der Waals surface area contributed by atoms with Gasteiger partial charge in [-0.3, -0.25) is 24.6 Å². The topological polar surface area (TPSA) is 102 Å². The molecular weight excluding hydrogens is 338 g/mol. The van der Waals surface area contributed by atoms with Gasteiger partial charge in [0.05, 0.1) is 24.0 Å². The maximum Gasteiger partial charge on any atom is 0.309 e. The van der Waals surface area contributed by atoms with Crippen molar-refractivity contribution in [2.75, 3.05) is 31.6 Å². The zero-order valence-corrected chi connectivity index (χ0v) is 15.4. The van der Waals surface area contributed by atoms with Gasteiger partial charge in [0, 0.05) is 6.07 Å². The van der Waals surface area contributed by atoms with Crippen molar-refractivity contribution in [1.82, 2.24) is 4.90 Å². The molecule has 1 fully saturated rings. The molecule has 1 heterocycles. The molecule has 0 bridgehead atoms. The number of aryl methyl sites for hydroxylation is 1. The van der Waals surface area contributed by atoms with Gasteiger partial charge in [-0.05, 0) is 57.8 Å². The number of carbonyl (C=O) groups is 2. The highest BCUT2D eigenvalue weighted by Crippen LogP contribution is 2.30. The summed E-state index contributed by atoms with van der Waals surface area (Å²) in [5.74, 6) is -0.589. The van der Waals surface area contributed by atoms with Gasteiger partial charge in [0.1, 0.15) is 5.69 Å². The van der Waals surface area contributed by atoms with Gasteiger partial charge in [-0.25, -0.2) is 0 Å². The molecular formula is C18H25N3O5. The van der Waals surface area contributed by atoms with E-state index < -0.39 is 4.92 Å². The number of rotatable bonds is 6. The molecule has 142 valence electrons. The number of nitrogens with one attached hydrogen (secondary N) is 1. The first-order chi connectivity index (χ1) is 12.3. The molecule has 1 aliphatic rings. The monoisotopic (exact) mass is 363 g/mol. The SMILES string of the molecule is CCOC(=O)C1CCN(CC(=O)Nc2c([N+](=O)[O-])ccc(C)c2C)CC1. The van der Waals surface area contributed by atoms with Crippen LogP contribution in [0.25, 0.3) is 0 Å². The van der Waals surface area contributed by atoms with Crippen LogP contribution in [0.2, 0.25) is 0 Å². The number of piperidine rings is 1. The molecule has 1 aliphatic heterocycles. The minimum absolute atomic E-state index is 0.109. The van der Waals surface area contributed by atoms with E-state index in [2.05, 4.69) is 5.32 Å². The molecule has 2 rings (SSSR count). The quantitative estimate of drug-likeness (QED) is 0.473. The molecule has 26 heavy (non-hydrogen) atoms. The van der Waals surface area contributed by atoms with Crippen molar-refractivity contribution in [1.29, 1.82) is 0 Å². The van der Waals surface area contributed by atoms with E-state index in [1.165, 1.54) is 6.07 Å². The Bertz CT molecular complexity index is 696. The van der Waals surface area contributed by atoms with E-state index in [0.717, 1.165) is 5.56 Å². The number of likely N-dealkylation sites (tertiary alicyclic amines) is 1. The number of amides is 1. The molecule has 0 unspecified atom stereocenters. The van der Waals surface area contributed by atoms with Crippen molar-refractivity contribution in [2.24, 2.45) is 5.92 Å². The van der Waals surface area contributed by atoms with Crippen LogP contribution in [0, 0.1) is 29.9 Å². The Hall–Kier alpha value is -2.48. The highest BCUT2D eigenvalue weighted by atomic mass is 16.6. The van der Waals surface area contributed by atoms with Crippen LogP contribution < -0.4 is 5.32 Å². The van der Waals surface area contributed by atoms with Crippen LogP contribution in [-0.4, -0.2) is 47.9 Å². The number of hydrogen-bond donors (Lipinski definition) is 1. The Balaban J connectivity index is 1.95. The molecule has 0 aliphatic carbocycles. The highest BCUT2D eigenvalue weighted by molar-refractivity contribution is 5.95. The fraction of sp³-hybridized carbons (Fsp3) is 0.556. The van der Waals surface area contributed by atoms with Gasteiger partial charge >= 0.3 is 5.97 Å². The number of nitro groups is 1. The Labute approximate surface area is 152 Å². The van der Waals surface area contributed by atoms with Crippen molar-refractivity contribution in [3.63, 3.8) is 0 Å². The lowest BCUT2D eigenvalue weighted by Gasteiger charge is -2.30. The first-order valence-corrected chi connectivity index (χ1v) is 8.77. The Morgan fingerprint density at radius 2 is 1.96 bits per heavy atom. The Morgan fingerprint density at radius 1 is 1.31 bits per heavy atom. The van der Waals surface area contributed by atoms with Gasteiger partial charge < -0.3 is 10.1 Å². The Morgan fingerprint density at radius 3 is 2.54 bits per heavy atom. The van der Waals surface area contributed by atoms with Gasteiger partial charge in [0.15, 0.2) is 0 Å². The Kier molecular flexibility index (Phi) is 6.68. The molecule has 1 amide bonds. The van der Waals surface area contributed by atoms with Crippen LogP contribution >= 0.6 is 0 Å². The van der Waals surface area contributed by atoms with Crippen LogP contribution in [0.5, 0.6) is 0 Å². The molecule has 1 aromatic rings. The fourth-order valence-corrected chi connectivity index (χ4v) is 3.08. The smallest absolute Gasteiger partial charge is 0.309 e. The van der Waals surface area contributed by atoms with E-state index in [0.29, 0.717) is 38.1 Å². The molecule has 0 spiro atoms. The largest absolute Gasteiger partial charge is 0.466 e. The molecule has 0 radical (unpaired) electrons. The molecule has 0 aromatic heterocycles. The summed E-state index contributed by atoms with van der Waals surface area (Å²) < 4.78 is 5.04. The lowest BCUT2D eigenvalue weighted by Crippen LogP contribution is -2.41. The van der Waals surface area contributed by atoms with E-state index in [1.807, 2.05) is 11.8 Å². The van der Waals surface area contributed by atoms with Crippen LogP contribution in [0.4, 0.5) is 11.4 Å². The predicted molar refractivity (Wildman–Crippen MR) is 97.0 cm³/mol. The second-order valence-corrected chi connectivity index (χ2v) is 6.51. The van der Waals surface area contributed by atoms with E-state index in [4.69, 9.17) is 4.74 Å². The highest BCUT2D eigenvalue weighted by Gasteiger charge is 2.27. The van der Waals surface area contributed by atoms with Crippen LogP contribution in [0.1, 0.15) is 30.9 Å². The number of anilines is 1. The summed E-state index contributed by atoms with van der Waals surface area (Å²) in [5, 5.41) is 13.9. The van der Waals surface area contributed by atoms with Gasteiger partial charge in [-0.15, -0.1) is 0 Å². The van der Waals surface area contributed by atoms with E-state index in [-0.39, 0.29) is 35.7 Å². The maximum absolute atomic E-state index is 12.4. The number of esters is 1. The van der Waals surface area contributed by atoms with Crippen LogP contribution in [0.15, 0.2) is 12.1 Å². The normalized spacial score (nSPS) is 15.5. The minimum atomic E-state index is -0.493. The zero-order valence-electron chi connectivity index (χ0n) is 15.4.